The van der Waals surface area contributed by atoms with Crippen LogP contribution in [0.5, 0.6) is 0 Å². The van der Waals surface area contributed by atoms with E-state index in [4.69, 9.17) is 21.5 Å². The van der Waals surface area contributed by atoms with Crippen LogP contribution in [0.2, 0.25) is 5.02 Å². The molecular formula is C14H18ClF3N2O2. The number of anilines is 1. The molecule has 0 saturated carbocycles. The molecule has 1 aromatic carbocycles. The Balaban J connectivity index is 0.000000295. The summed E-state index contributed by atoms with van der Waals surface area (Å²) in [6.07, 6.45) is -5.08. The maximum absolute atomic E-state index is 10.6. The van der Waals surface area contributed by atoms with Crippen molar-refractivity contribution in [1.82, 2.24) is 4.90 Å². The van der Waals surface area contributed by atoms with Crippen LogP contribution in [0.15, 0.2) is 24.3 Å². The molecule has 1 aliphatic heterocycles. The lowest BCUT2D eigenvalue weighted by atomic mass is 10.1. The van der Waals surface area contributed by atoms with Gasteiger partial charge in [-0.3, -0.25) is 0 Å². The minimum Gasteiger partial charge on any atom is -0.475 e. The molecule has 1 saturated heterocycles. The van der Waals surface area contributed by atoms with Crippen LogP contribution in [0.3, 0.4) is 0 Å². The zero-order valence-corrected chi connectivity index (χ0v) is 13.0. The van der Waals surface area contributed by atoms with Gasteiger partial charge >= 0.3 is 12.1 Å². The molecule has 0 spiro atoms. The molecule has 0 aromatic heterocycles. The SMILES string of the molecule is C[C@@H]1CN(C)CCN1c1cccc(Cl)c1.O=C(O)C(F)(F)F. The maximum Gasteiger partial charge on any atom is 0.490 e. The first-order chi connectivity index (χ1) is 10.1. The van der Waals surface area contributed by atoms with Gasteiger partial charge in [0.25, 0.3) is 0 Å². The Hall–Kier alpha value is -1.47. The fourth-order valence-electron chi connectivity index (χ4n) is 2.18. The van der Waals surface area contributed by atoms with Crippen molar-refractivity contribution < 1.29 is 23.1 Å². The van der Waals surface area contributed by atoms with Crippen molar-refractivity contribution in [3.8, 4) is 0 Å². The molecule has 1 atom stereocenters. The summed E-state index contributed by atoms with van der Waals surface area (Å²) in [7, 11) is 2.17. The monoisotopic (exact) mass is 338 g/mol. The molecule has 4 nitrogen and oxygen atoms in total. The van der Waals surface area contributed by atoms with Crippen LogP contribution in [0.4, 0.5) is 18.9 Å². The lowest BCUT2D eigenvalue weighted by molar-refractivity contribution is -0.192. The Bertz CT molecular complexity index is 511. The Labute approximate surface area is 132 Å². The number of rotatable bonds is 1. The van der Waals surface area contributed by atoms with Crippen molar-refractivity contribution in [2.45, 2.75) is 19.1 Å². The molecule has 1 heterocycles. The quantitative estimate of drug-likeness (QED) is 0.854. The number of hydrogen-bond acceptors (Lipinski definition) is 3. The fourth-order valence-corrected chi connectivity index (χ4v) is 2.36. The molecule has 124 valence electrons. The van der Waals surface area contributed by atoms with Crippen LogP contribution >= 0.6 is 11.6 Å². The number of carboxylic acids is 1. The molecule has 1 N–H and O–H groups in total. The first kappa shape index (κ1) is 18.6. The summed E-state index contributed by atoms with van der Waals surface area (Å²) in [5.41, 5.74) is 1.24. The largest absolute Gasteiger partial charge is 0.490 e. The first-order valence-corrected chi connectivity index (χ1v) is 7.00. The highest BCUT2D eigenvalue weighted by atomic mass is 35.5. The lowest BCUT2D eigenvalue weighted by Crippen LogP contribution is -2.50. The zero-order valence-electron chi connectivity index (χ0n) is 12.3. The van der Waals surface area contributed by atoms with Gasteiger partial charge in [0.2, 0.25) is 0 Å². The highest BCUT2D eigenvalue weighted by Gasteiger charge is 2.38. The zero-order chi connectivity index (χ0) is 16.9. The van der Waals surface area contributed by atoms with E-state index in [1.807, 2.05) is 18.2 Å². The third-order valence-corrected chi connectivity index (χ3v) is 3.45. The van der Waals surface area contributed by atoms with E-state index in [2.05, 4.69) is 29.8 Å². The van der Waals surface area contributed by atoms with E-state index in [0.29, 0.717) is 6.04 Å². The van der Waals surface area contributed by atoms with Crippen LogP contribution in [0.1, 0.15) is 6.92 Å². The number of benzene rings is 1. The first-order valence-electron chi connectivity index (χ1n) is 6.62. The van der Waals surface area contributed by atoms with Crippen molar-refractivity contribution >= 4 is 23.3 Å². The maximum atomic E-state index is 10.6. The standard InChI is InChI=1S/C12H17ClN2.C2HF3O2/c1-10-9-14(2)6-7-15(10)12-5-3-4-11(13)8-12;3-2(4,5)1(6)7/h3-5,8,10H,6-7,9H2,1-2H3;(H,6,7)/t10-;/m1./s1. The number of hydrogen-bond donors (Lipinski definition) is 1. The number of halogens is 4. The Morgan fingerprint density at radius 2 is 1.95 bits per heavy atom. The summed E-state index contributed by atoms with van der Waals surface area (Å²) in [4.78, 5) is 13.7. The van der Waals surface area contributed by atoms with Crippen LogP contribution in [0, 0.1) is 0 Å². The number of nitrogens with zero attached hydrogens (tertiary/aromatic N) is 2. The summed E-state index contributed by atoms with van der Waals surface area (Å²) in [6, 6.07) is 8.67. The highest BCUT2D eigenvalue weighted by molar-refractivity contribution is 6.30. The smallest absolute Gasteiger partial charge is 0.475 e. The molecule has 0 amide bonds. The van der Waals surface area contributed by atoms with E-state index in [-0.39, 0.29) is 0 Å². The van der Waals surface area contributed by atoms with Gasteiger partial charge in [-0.15, -0.1) is 0 Å². The molecule has 0 unspecified atom stereocenters. The normalized spacial score (nSPS) is 19.4. The summed E-state index contributed by atoms with van der Waals surface area (Å²) >= 11 is 6.00. The predicted octanol–water partition coefficient (Wildman–Crippen LogP) is 3.11. The van der Waals surface area contributed by atoms with Gasteiger partial charge in [-0.05, 0) is 32.2 Å². The molecule has 0 bridgehead atoms. The Morgan fingerprint density at radius 1 is 1.36 bits per heavy atom. The summed E-state index contributed by atoms with van der Waals surface area (Å²) < 4.78 is 31.7. The number of carboxylic acid groups (broad SMARTS) is 1. The number of likely N-dealkylation sites (N-methyl/N-ethyl adjacent to an activating group) is 1. The van der Waals surface area contributed by atoms with E-state index in [0.717, 1.165) is 24.7 Å². The topological polar surface area (TPSA) is 43.8 Å². The van der Waals surface area contributed by atoms with Crippen molar-refractivity contribution in [3.63, 3.8) is 0 Å². The molecular weight excluding hydrogens is 321 g/mol. The van der Waals surface area contributed by atoms with Gasteiger partial charge in [0.1, 0.15) is 0 Å². The molecule has 2 rings (SSSR count). The van der Waals surface area contributed by atoms with Gasteiger partial charge < -0.3 is 14.9 Å². The second-order valence-electron chi connectivity index (χ2n) is 5.09. The van der Waals surface area contributed by atoms with Crippen LogP contribution < -0.4 is 4.90 Å². The molecule has 1 aliphatic rings. The van der Waals surface area contributed by atoms with Gasteiger partial charge in [-0.1, -0.05) is 17.7 Å². The summed E-state index contributed by atoms with van der Waals surface area (Å²) in [6.45, 7) is 5.58. The summed E-state index contributed by atoms with van der Waals surface area (Å²) in [5.74, 6) is -2.76. The summed E-state index contributed by atoms with van der Waals surface area (Å²) in [5, 5.41) is 7.94. The molecule has 0 aliphatic carbocycles. The van der Waals surface area contributed by atoms with Crippen molar-refractivity contribution in [3.05, 3.63) is 29.3 Å². The number of piperazine rings is 1. The van der Waals surface area contributed by atoms with Gasteiger partial charge in [-0.25, -0.2) is 4.79 Å². The molecule has 1 aromatic rings. The van der Waals surface area contributed by atoms with Gasteiger partial charge in [0.15, 0.2) is 0 Å². The minimum atomic E-state index is -5.08. The fraction of sp³-hybridized carbons (Fsp3) is 0.500. The average molecular weight is 339 g/mol. The number of carbonyl (C=O) groups is 1. The Kier molecular flexibility index (Phi) is 6.49. The molecule has 8 heteroatoms. The Morgan fingerprint density at radius 3 is 2.41 bits per heavy atom. The van der Waals surface area contributed by atoms with E-state index in [1.165, 1.54) is 5.69 Å². The third-order valence-electron chi connectivity index (χ3n) is 3.21. The van der Waals surface area contributed by atoms with E-state index in [9.17, 15) is 13.2 Å². The van der Waals surface area contributed by atoms with E-state index in [1.54, 1.807) is 0 Å². The van der Waals surface area contributed by atoms with Crippen LogP contribution in [-0.4, -0.2) is 54.9 Å². The van der Waals surface area contributed by atoms with Crippen molar-refractivity contribution in [2.75, 3.05) is 31.6 Å². The second kappa shape index (κ2) is 7.69. The molecule has 22 heavy (non-hydrogen) atoms. The lowest BCUT2D eigenvalue weighted by Gasteiger charge is -2.39. The van der Waals surface area contributed by atoms with Crippen molar-refractivity contribution in [1.29, 1.82) is 0 Å². The second-order valence-corrected chi connectivity index (χ2v) is 5.52. The minimum absolute atomic E-state index is 0.558. The van der Waals surface area contributed by atoms with E-state index >= 15 is 0 Å². The van der Waals surface area contributed by atoms with Gasteiger partial charge in [0, 0.05) is 36.4 Å². The van der Waals surface area contributed by atoms with Gasteiger partial charge in [-0.2, -0.15) is 13.2 Å². The predicted molar refractivity (Wildman–Crippen MR) is 79.4 cm³/mol. The number of alkyl halides is 3. The number of aliphatic carboxylic acids is 1. The van der Waals surface area contributed by atoms with Crippen molar-refractivity contribution in [2.24, 2.45) is 0 Å². The molecule has 1 fully saturated rings. The van der Waals surface area contributed by atoms with Crippen LogP contribution in [-0.2, 0) is 4.79 Å². The van der Waals surface area contributed by atoms with Crippen LogP contribution in [0.25, 0.3) is 0 Å². The van der Waals surface area contributed by atoms with Gasteiger partial charge in [0.05, 0.1) is 0 Å². The molecule has 0 radical (unpaired) electrons. The third kappa shape index (κ3) is 5.73. The average Bonchev–Trinajstić information content (AvgIpc) is 2.38. The highest BCUT2D eigenvalue weighted by Crippen LogP contribution is 2.23. The van der Waals surface area contributed by atoms with E-state index < -0.39 is 12.1 Å².